The van der Waals surface area contributed by atoms with Crippen molar-refractivity contribution in [2.45, 2.75) is 353 Å². The molecule has 6 nitrogen and oxygen atoms in total. The Labute approximate surface area is 455 Å². The Morgan fingerprint density at radius 1 is 0.384 bits per heavy atom. The normalized spacial score (nSPS) is 12.9. The van der Waals surface area contributed by atoms with E-state index in [1.54, 1.807) is 6.08 Å². The van der Waals surface area contributed by atoms with E-state index >= 15 is 0 Å². The first-order valence-corrected chi connectivity index (χ1v) is 32.4. The Balaban J connectivity index is 3.45. The number of aliphatic hydroxyl groups excluding tert-OH is 2. The minimum atomic E-state index is -0.850. The number of aliphatic hydroxyl groups is 2. The van der Waals surface area contributed by atoms with E-state index in [2.05, 4.69) is 55.6 Å². The first-order valence-electron chi connectivity index (χ1n) is 32.4. The molecule has 2 atom stereocenters. The minimum Gasteiger partial charge on any atom is -0.466 e. The molecule has 0 fully saturated rings. The van der Waals surface area contributed by atoms with E-state index in [9.17, 15) is 19.8 Å². The lowest BCUT2D eigenvalue weighted by Gasteiger charge is -2.20. The summed E-state index contributed by atoms with van der Waals surface area (Å²) in [7, 11) is 0. The Hall–Kier alpha value is -2.18. The fraction of sp³-hybridized carbons (Fsp3) is 0.851. The summed E-state index contributed by atoms with van der Waals surface area (Å²) in [6, 6.07) is -0.634. The van der Waals surface area contributed by atoms with Crippen LogP contribution in [0, 0.1) is 0 Å². The van der Waals surface area contributed by atoms with Crippen molar-refractivity contribution in [3.05, 3.63) is 48.6 Å². The van der Waals surface area contributed by atoms with Crippen molar-refractivity contribution >= 4 is 11.9 Å². The number of carbonyl (C=O) groups excluding carboxylic acids is 2. The zero-order chi connectivity index (χ0) is 52.9. The molecule has 0 bridgehead atoms. The summed E-state index contributed by atoms with van der Waals surface area (Å²) in [5.41, 5.74) is 0. The van der Waals surface area contributed by atoms with Gasteiger partial charge in [-0.1, -0.05) is 287 Å². The zero-order valence-corrected chi connectivity index (χ0v) is 48.9. The van der Waals surface area contributed by atoms with Crippen molar-refractivity contribution in [1.82, 2.24) is 5.32 Å². The molecule has 1 amide bonds. The van der Waals surface area contributed by atoms with Crippen molar-refractivity contribution in [1.29, 1.82) is 0 Å². The van der Waals surface area contributed by atoms with Crippen molar-refractivity contribution < 1.29 is 24.5 Å². The van der Waals surface area contributed by atoms with Gasteiger partial charge in [0.15, 0.2) is 0 Å². The molecule has 0 heterocycles. The molecule has 0 radical (unpaired) electrons. The molecule has 0 aromatic heterocycles. The van der Waals surface area contributed by atoms with Crippen LogP contribution in [0.3, 0.4) is 0 Å². The third kappa shape index (κ3) is 58.9. The average Bonchev–Trinajstić information content (AvgIpc) is 3.39. The lowest BCUT2D eigenvalue weighted by molar-refractivity contribution is -0.143. The Bertz CT molecular complexity index is 1230. The van der Waals surface area contributed by atoms with Crippen molar-refractivity contribution in [3.8, 4) is 0 Å². The number of nitrogens with one attached hydrogen (secondary N) is 1. The van der Waals surface area contributed by atoms with Crippen LogP contribution in [0.2, 0.25) is 0 Å². The number of hydrogen-bond donors (Lipinski definition) is 3. The van der Waals surface area contributed by atoms with E-state index in [0.717, 1.165) is 57.8 Å². The fourth-order valence-corrected chi connectivity index (χ4v) is 9.84. The molecule has 3 N–H and O–H groups in total. The van der Waals surface area contributed by atoms with E-state index in [0.29, 0.717) is 19.4 Å². The van der Waals surface area contributed by atoms with Crippen LogP contribution in [-0.4, -0.2) is 47.4 Å². The lowest BCUT2D eigenvalue weighted by atomic mass is 10.0. The summed E-state index contributed by atoms with van der Waals surface area (Å²) in [6.45, 7) is 4.89. The van der Waals surface area contributed by atoms with E-state index in [-0.39, 0.29) is 18.5 Å². The number of hydrogen-bond acceptors (Lipinski definition) is 5. The maximum Gasteiger partial charge on any atom is 0.305 e. The first kappa shape index (κ1) is 70.8. The topological polar surface area (TPSA) is 95.9 Å². The monoisotopic (exact) mass is 1020 g/mol. The van der Waals surface area contributed by atoms with Crippen LogP contribution < -0.4 is 5.32 Å². The zero-order valence-electron chi connectivity index (χ0n) is 48.9. The van der Waals surface area contributed by atoms with Gasteiger partial charge in [-0.25, -0.2) is 0 Å². The summed E-state index contributed by atoms with van der Waals surface area (Å²) >= 11 is 0. The third-order valence-corrected chi connectivity index (χ3v) is 14.8. The van der Waals surface area contributed by atoms with Gasteiger partial charge in [0.2, 0.25) is 5.91 Å². The van der Waals surface area contributed by atoms with Crippen LogP contribution in [0.15, 0.2) is 48.6 Å². The molecule has 428 valence electrons. The molecule has 73 heavy (non-hydrogen) atoms. The van der Waals surface area contributed by atoms with Crippen molar-refractivity contribution in [3.63, 3.8) is 0 Å². The molecular weight excluding hydrogens is 899 g/mol. The van der Waals surface area contributed by atoms with Gasteiger partial charge >= 0.3 is 5.97 Å². The van der Waals surface area contributed by atoms with Gasteiger partial charge in [0, 0.05) is 12.8 Å². The number of rotatable bonds is 60. The van der Waals surface area contributed by atoms with Crippen LogP contribution in [-0.2, 0) is 14.3 Å². The molecule has 0 spiro atoms. The molecule has 0 aliphatic carbocycles. The summed E-state index contributed by atoms with van der Waals surface area (Å²) < 4.78 is 5.48. The van der Waals surface area contributed by atoms with Gasteiger partial charge in [0.25, 0.3) is 0 Å². The molecule has 0 saturated heterocycles. The van der Waals surface area contributed by atoms with Gasteiger partial charge in [-0.3, -0.25) is 9.59 Å². The highest BCUT2D eigenvalue weighted by atomic mass is 16.5. The van der Waals surface area contributed by atoms with Gasteiger partial charge < -0.3 is 20.3 Å². The van der Waals surface area contributed by atoms with E-state index in [1.165, 1.54) is 257 Å². The highest BCUT2D eigenvalue weighted by Gasteiger charge is 2.18. The van der Waals surface area contributed by atoms with Gasteiger partial charge in [-0.15, -0.1) is 0 Å². The highest BCUT2D eigenvalue weighted by molar-refractivity contribution is 5.76. The number of unbranched alkanes of at least 4 members (excludes halogenated alkanes) is 43. The predicted octanol–water partition coefficient (Wildman–Crippen LogP) is 20.5. The van der Waals surface area contributed by atoms with E-state index in [4.69, 9.17) is 4.74 Å². The highest BCUT2D eigenvalue weighted by Crippen LogP contribution is 2.17. The Morgan fingerprint density at radius 3 is 1.07 bits per heavy atom. The fourth-order valence-electron chi connectivity index (χ4n) is 9.84. The summed E-state index contributed by atoms with van der Waals surface area (Å²) in [5, 5.41) is 23.2. The Morgan fingerprint density at radius 2 is 0.685 bits per heavy atom. The quantitative estimate of drug-likeness (QED) is 0.0320. The summed E-state index contributed by atoms with van der Waals surface area (Å²) in [4.78, 5) is 24.6. The molecular formula is C67H125NO5. The second kappa shape index (κ2) is 62.4. The summed E-state index contributed by atoms with van der Waals surface area (Å²) in [5.74, 6) is -0.0777. The van der Waals surface area contributed by atoms with E-state index in [1.807, 2.05) is 6.08 Å². The van der Waals surface area contributed by atoms with Crippen LogP contribution in [0.1, 0.15) is 341 Å². The number of ether oxygens (including phenoxy) is 1. The molecule has 6 heteroatoms. The molecule has 0 saturated carbocycles. The molecule has 0 aliphatic rings. The molecule has 2 unspecified atom stereocenters. The Kier molecular flexibility index (Phi) is 60.5. The van der Waals surface area contributed by atoms with Gasteiger partial charge in [0.1, 0.15) is 0 Å². The number of carbonyl (C=O) groups is 2. The summed E-state index contributed by atoms with van der Waals surface area (Å²) in [6.07, 6.45) is 80.1. The van der Waals surface area contributed by atoms with Crippen molar-refractivity contribution in [2.24, 2.45) is 0 Å². The molecule has 0 aromatic carbocycles. The van der Waals surface area contributed by atoms with Crippen LogP contribution in [0.25, 0.3) is 0 Å². The second-order valence-corrected chi connectivity index (χ2v) is 22.1. The predicted molar refractivity (Wildman–Crippen MR) is 319 cm³/mol. The number of esters is 1. The van der Waals surface area contributed by atoms with Gasteiger partial charge in [-0.2, -0.15) is 0 Å². The smallest absolute Gasteiger partial charge is 0.305 e. The molecule has 0 rings (SSSR count). The second-order valence-electron chi connectivity index (χ2n) is 22.1. The van der Waals surface area contributed by atoms with Crippen molar-refractivity contribution in [2.75, 3.05) is 13.2 Å². The van der Waals surface area contributed by atoms with Crippen LogP contribution in [0.4, 0.5) is 0 Å². The maximum atomic E-state index is 12.5. The number of allylic oxidation sites excluding steroid dienone is 7. The molecule has 0 aromatic rings. The third-order valence-electron chi connectivity index (χ3n) is 14.8. The van der Waals surface area contributed by atoms with Gasteiger partial charge in [-0.05, 0) is 89.9 Å². The maximum absolute atomic E-state index is 12.5. The molecule has 0 aliphatic heterocycles. The van der Waals surface area contributed by atoms with Gasteiger partial charge in [0.05, 0.1) is 25.4 Å². The minimum absolute atomic E-state index is 0.00417. The van der Waals surface area contributed by atoms with Crippen LogP contribution >= 0.6 is 0 Å². The largest absolute Gasteiger partial charge is 0.466 e. The van der Waals surface area contributed by atoms with Crippen LogP contribution in [0.5, 0.6) is 0 Å². The SMILES string of the molecule is CCCCCC/C=C\C/C=C\CCCCCCCC(=O)OCCCCCCCCCCCCC/C=C\CCCCCCCCCC(=O)NC(CO)C(O)/C=C/CCCCCCCCCCCCCCCCCC. The number of amides is 1. The first-order chi connectivity index (χ1) is 36.0. The standard InChI is InChI=1S/C67H125NO5/c1-3-5-7-9-11-13-15-17-19-21-28-31-35-39-43-47-51-55-59-65(70)64(63-69)68-66(71)60-56-52-48-44-40-36-32-29-26-24-22-23-25-27-30-34-38-42-46-50-54-58-62-73-67(72)61-57-53-49-45-41-37-33-20-18-16-14-12-10-8-6-4-2/h14,16,20,24,26,33,55,59,64-65,69-70H,3-13,15,17-19,21-23,25,27-32,34-54,56-58,60-63H2,1-2H3,(H,68,71)/b16-14-,26-24-,33-20-,59-55+. The lowest BCUT2D eigenvalue weighted by Crippen LogP contribution is -2.45. The van der Waals surface area contributed by atoms with E-state index < -0.39 is 12.1 Å². The average molecular weight is 1020 g/mol.